The molecule has 3 atom stereocenters. The van der Waals surface area contributed by atoms with Crippen LogP contribution in [0.5, 0.6) is 0 Å². The maximum atomic E-state index is 13.1. The number of benzene rings is 1. The number of hydrogen-bond acceptors (Lipinski definition) is 5. The number of fused-ring (bicyclic) bond motifs is 1. The van der Waals surface area contributed by atoms with Crippen LogP contribution in [0.2, 0.25) is 5.02 Å². The number of anilines is 3. The van der Waals surface area contributed by atoms with Gasteiger partial charge in [-0.15, -0.1) is 0 Å². The van der Waals surface area contributed by atoms with E-state index in [2.05, 4.69) is 39.3 Å². The number of amides is 2. The molecule has 0 aliphatic carbocycles. The van der Waals surface area contributed by atoms with Crippen LogP contribution in [0.4, 0.5) is 17.5 Å². The summed E-state index contributed by atoms with van der Waals surface area (Å²) in [7, 11) is 0. The summed E-state index contributed by atoms with van der Waals surface area (Å²) in [6.07, 6.45) is 3.00. The highest BCUT2D eigenvalue weighted by atomic mass is 35.5. The Balaban J connectivity index is 1.69. The predicted molar refractivity (Wildman–Crippen MR) is 121 cm³/mol. The van der Waals surface area contributed by atoms with Gasteiger partial charge in [0.05, 0.1) is 11.5 Å². The van der Waals surface area contributed by atoms with Gasteiger partial charge >= 0.3 is 0 Å². The molecule has 2 amide bonds. The van der Waals surface area contributed by atoms with Crippen molar-refractivity contribution in [3.8, 4) is 0 Å². The molecular weight excluding hydrogens is 418 g/mol. The minimum absolute atomic E-state index is 0.126. The Morgan fingerprint density at radius 2 is 1.94 bits per heavy atom. The Bertz CT molecular complexity index is 1090. The van der Waals surface area contributed by atoms with E-state index in [0.29, 0.717) is 16.7 Å². The number of nitrogens with one attached hydrogen (secondary N) is 3. The molecule has 4 rings (SSSR count). The lowest BCUT2D eigenvalue weighted by atomic mass is 9.92. The molecule has 9 heteroatoms. The zero-order valence-electron chi connectivity index (χ0n) is 17.8. The number of carbonyl (C=O) groups excluding carboxylic acids is 2. The fourth-order valence-corrected chi connectivity index (χ4v) is 4.67. The van der Waals surface area contributed by atoms with Crippen LogP contribution < -0.4 is 21.1 Å². The third-order valence-corrected chi connectivity index (χ3v) is 6.39. The normalized spacial score (nSPS) is 23.2. The predicted octanol–water partition coefficient (Wildman–Crippen LogP) is 3.56. The van der Waals surface area contributed by atoms with Gasteiger partial charge in [0, 0.05) is 29.2 Å². The SMILES string of the molecule is Cc1ccc(Cl)cc1NC(=O)C1CC(=O)Nc2nc(N3C(C)CCCC3C)[nH]c(=O)c21. The average molecular weight is 444 g/mol. The van der Waals surface area contributed by atoms with Crippen molar-refractivity contribution in [3.63, 3.8) is 0 Å². The number of carbonyl (C=O) groups is 2. The average Bonchev–Trinajstić information content (AvgIpc) is 2.69. The van der Waals surface area contributed by atoms with E-state index in [-0.39, 0.29) is 35.8 Å². The maximum absolute atomic E-state index is 13.1. The van der Waals surface area contributed by atoms with Crippen LogP contribution in [0, 0.1) is 6.92 Å². The minimum Gasteiger partial charge on any atom is -0.337 e. The molecule has 2 aliphatic heterocycles. The van der Waals surface area contributed by atoms with Crippen molar-refractivity contribution in [2.45, 2.75) is 64.5 Å². The molecule has 0 saturated carbocycles. The Kier molecular flexibility index (Phi) is 5.75. The first-order valence-corrected chi connectivity index (χ1v) is 10.9. The largest absolute Gasteiger partial charge is 0.337 e. The van der Waals surface area contributed by atoms with Crippen molar-refractivity contribution in [1.29, 1.82) is 0 Å². The van der Waals surface area contributed by atoms with Gasteiger partial charge in [-0.05, 0) is 57.7 Å². The topological polar surface area (TPSA) is 107 Å². The van der Waals surface area contributed by atoms with E-state index in [4.69, 9.17) is 11.6 Å². The molecule has 1 aromatic carbocycles. The van der Waals surface area contributed by atoms with Gasteiger partial charge in [-0.2, -0.15) is 4.98 Å². The number of H-pyrrole nitrogens is 1. The number of halogens is 1. The summed E-state index contributed by atoms with van der Waals surface area (Å²) in [6, 6.07) is 5.60. The number of nitrogens with zero attached hydrogens (tertiary/aromatic N) is 2. The first-order valence-electron chi connectivity index (χ1n) is 10.5. The molecule has 31 heavy (non-hydrogen) atoms. The summed E-state index contributed by atoms with van der Waals surface area (Å²) in [6.45, 7) is 6.03. The second-order valence-corrected chi connectivity index (χ2v) is 8.88. The number of piperidine rings is 1. The molecule has 0 bridgehead atoms. The number of rotatable bonds is 3. The zero-order valence-corrected chi connectivity index (χ0v) is 18.5. The summed E-state index contributed by atoms with van der Waals surface area (Å²) in [5.74, 6) is -1.15. The highest BCUT2D eigenvalue weighted by Crippen LogP contribution is 2.33. The van der Waals surface area contributed by atoms with Crippen molar-refractivity contribution >= 4 is 40.9 Å². The summed E-state index contributed by atoms with van der Waals surface area (Å²) in [5.41, 5.74) is 1.14. The fourth-order valence-electron chi connectivity index (χ4n) is 4.49. The minimum atomic E-state index is -0.941. The van der Waals surface area contributed by atoms with Crippen LogP contribution >= 0.6 is 11.6 Å². The third kappa shape index (κ3) is 4.17. The Labute approximate surface area is 185 Å². The molecule has 1 fully saturated rings. The maximum Gasteiger partial charge on any atom is 0.258 e. The van der Waals surface area contributed by atoms with Crippen molar-refractivity contribution < 1.29 is 9.59 Å². The molecule has 3 unspecified atom stereocenters. The summed E-state index contributed by atoms with van der Waals surface area (Å²) >= 11 is 6.05. The molecular formula is C22H26ClN5O3. The molecule has 3 N–H and O–H groups in total. The van der Waals surface area contributed by atoms with Crippen molar-refractivity contribution in [1.82, 2.24) is 9.97 Å². The highest BCUT2D eigenvalue weighted by Gasteiger charge is 2.36. The molecule has 2 aliphatic rings. The summed E-state index contributed by atoms with van der Waals surface area (Å²) in [5, 5.41) is 5.97. The lowest BCUT2D eigenvalue weighted by Gasteiger charge is -2.39. The van der Waals surface area contributed by atoms with Gasteiger partial charge < -0.3 is 15.5 Å². The van der Waals surface area contributed by atoms with Crippen LogP contribution in [0.25, 0.3) is 0 Å². The standard InChI is InChI=1S/C22H26ClN5O3/c1-11-7-8-14(23)9-16(11)24-20(30)15-10-17(29)25-19-18(15)21(31)27-22(26-19)28-12(2)5-4-6-13(28)3/h7-9,12-13,15H,4-6,10H2,1-3H3,(H,24,30)(H2,25,26,27,29,31). The molecule has 8 nitrogen and oxygen atoms in total. The van der Waals surface area contributed by atoms with Gasteiger partial charge in [-0.25, -0.2) is 0 Å². The Hall–Kier alpha value is -2.87. The lowest BCUT2D eigenvalue weighted by Crippen LogP contribution is -2.46. The van der Waals surface area contributed by atoms with E-state index in [9.17, 15) is 14.4 Å². The molecule has 2 aromatic rings. The Morgan fingerprint density at radius 3 is 2.65 bits per heavy atom. The van der Waals surface area contributed by atoms with E-state index in [1.807, 2.05) is 6.92 Å². The molecule has 3 heterocycles. The molecule has 0 spiro atoms. The lowest BCUT2D eigenvalue weighted by molar-refractivity contribution is -0.123. The summed E-state index contributed by atoms with van der Waals surface area (Å²) < 4.78 is 0. The molecule has 164 valence electrons. The summed E-state index contributed by atoms with van der Waals surface area (Å²) in [4.78, 5) is 48.0. The van der Waals surface area contributed by atoms with Gasteiger partial charge in [0.25, 0.3) is 5.56 Å². The quantitative estimate of drug-likeness (QED) is 0.672. The van der Waals surface area contributed by atoms with Crippen LogP contribution in [-0.4, -0.2) is 33.9 Å². The molecule has 0 radical (unpaired) electrons. The second kappa shape index (κ2) is 8.34. The zero-order chi connectivity index (χ0) is 22.3. The van der Waals surface area contributed by atoms with Crippen LogP contribution in [0.15, 0.2) is 23.0 Å². The fraction of sp³-hybridized carbons (Fsp3) is 0.455. The van der Waals surface area contributed by atoms with Gasteiger partial charge in [0.1, 0.15) is 5.82 Å². The van der Waals surface area contributed by atoms with Crippen molar-refractivity contribution in [3.05, 3.63) is 44.7 Å². The van der Waals surface area contributed by atoms with Gasteiger partial charge in [0.15, 0.2) is 0 Å². The number of aromatic amines is 1. The van der Waals surface area contributed by atoms with E-state index in [1.165, 1.54) is 0 Å². The van der Waals surface area contributed by atoms with Crippen LogP contribution in [-0.2, 0) is 9.59 Å². The van der Waals surface area contributed by atoms with Crippen molar-refractivity contribution in [2.75, 3.05) is 15.5 Å². The first-order chi connectivity index (χ1) is 14.7. The smallest absolute Gasteiger partial charge is 0.258 e. The van der Waals surface area contributed by atoms with E-state index in [1.54, 1.807) is 18.2 Å². The molecule has 1 aromatic heterocycles. The van der Waals surface area contributed by atoms with E-state index in [0.717, 1.165) is 24.8 Å². The number of aryl methyl sites for hydroxylation is 1. The van der Waals surface area contributed by atoms with E-state index >= 15 is 0 Å². The van der Waals surface area contributed by atoms with Gasteiger partial charge in [-0.3, -0.25) is 19.4 Å². The third-order valence-electron chi connectivity index (χ3n) is 6.15. The van der Waals surface area contributed by atoms with Crippen LogP contribution in [0.1, 0.15) is 56.6 Å². The van der Waals surface area contributed by atoms with Gasteiger partial charge in [-0.1, -0.05) is 17.7 Å². The molecule has 1 saturated heterocycles. The van der Waals surface area contributed by atoms with E-state index < -0.39 is 17.4 Å². The van der Waals surface area contributed by atoms with Crippen LogP contribution in [0.3, 0.4) is 0 Å². The monoisotopic (exact) mass is 443 g/mol. The Morgan fingerprint density at radius 1 is 1.23 bits per heavy atom. The second-order valence-electron chi connectivity index (χ2n) is 8.44. The number of aromatic nitrogens is 2. The number of hydrogen-bond donors (Lipinski definition) is 3. The highest BCUT2D eigenvalue weighted by molar-refractivity contribution is 6.31. The first kappa shape index (κ1) is 21.4. The van der Waals surface area contributed by atoms with Gasteiger partial charge in [0.2, 0.25) is 17.8 Å². The van der Waals surface area contributed by atoms with Crippen molar-refractivity contribution in [2.24, 2.45) is 0 Å².